The van der Waals surface area contributed by atoms with Gasteiger partial charge in [0.15, 0.2) is 11.5 Å². The molecule has 21 heavy (non-hydrogen) atoms. The van der Waals surface area contributed by atoms with Crippen molar-refractivity contribution >= 4 is 33.5 Å². The predicted molar refractivity (Wildman–Crippen MR) is 79.1 cm³/mol. The summed E-state index contributed by atoms with van der Waals surface area (Å²) in [5.74, 6) is 0.240. The topological polar surface area (TPSA) is 43.6 Å². The zero-order valence-electron chi connectivity index (χ0n) is 10.7. The average Bonchev–Trinajstić information content (AvgIpc) is 2.92. The van der Waals surface area contributed by atoms with E-state index in [1.165, 1.54) is 6.07 Å². The Morgan fingerprint density at radius 2 is 2.00 bits per heavy atom. The van der Waals surface area contributed by atoms with Crippen molar-refractivity contribution < 1.29 is 4.39 Å². The number of fused-ring (bicyclic) bond motifs is 2. The highest BCUT2D eigenvalue weighted by Crippen LogP contribution is 2.32. The van der Waals surface area contributed by atoms with E-state index in [0.29, 0.717) is 32.8 Å². The minimum atomic E-state index is -0.391. The second-order valence-electron chi connectivity index (χ2n) is 4.54. The molecular weight excluding hydrogens is 291 g/mol. The average molecular weight is 299 g/mol. The Hall–Kier alpha value is -2.53. The Morgan fingerprint density at radius 3 is 2.81 bits per heavy atom. The number of halogens is 2. The van der Waals surface area contributed by atoms with Gasteiger partial charge in [-0.3, -0.25) is 0 Å². The molecule has 1 aromatic carbocycles. The maximum Gasteiger partial charge on any atom is 0.166 e. The normalized spacial score (nSPS) is 11.3. The van der Waals surface area contributed by atoms with Crippen LogP contribution in [0, 0.1) is 5.82 Å². The van der Waals surface area contributed by atoms with Crippen LogP contribution in [0.25, 0.3) is 27.8 Å². The van der Waals surface area contributed by atoms with Crippen LogP contribution in [0.4, 0.5) is 4.39 Å². The second-order valence-corrected chi connectivity index (χ2v) is 4.92. The van der Waals surface area contributed by atoms with Gasteiger partial charge in [0.1, 0.15) is 5.82 Å². The van der Waals surface area contributed by atoms with Gasteiger partial charge in [0.05, 0.1) is 27.5 Å². The van der Waals surface area contributed by atoms with Crippen LogP contribution < -0.4 is 0 Å². The highest BCUT2D eigenvalue weighted by Gasteiger charge is 2.15. The van der Waals surface area contributed by atoms with Gasteiger partial charge in [-0.05, 0) is 24.3 Å². The van der Waals surface area contributed by atoms with Crippen LogP contribution in [-0.4, -0.2) is 19.7 Å². The highest BCUT2D eigenvalue weighted by molar-refractivity contribution is 6.40. The number of rotatable bonds is 1. The molecule has 0 bridgehead atoms. The van der Waals surface area contributed by atoms with Crippen LogP contribution in [0.2, 0.25) is 5.02 Å². The number of hydrogen-bond acceptors (Lipinski definition) is 3. The van der Waals surface area contributed by atoms with E-state index in [2.05, 4.69) is 15.1 Å². The smallest absolute Gasteiger partial charge is 0.166 e. The van der Waals surface area contributed by atoms with Gasteiger partial charge in [-0.25, -0.2) is 14.4 Å². The van der Waals surface area contributed by atoms with Crippen molar-refractivity contribution in [2.24, 2.45) is 0 Å². The van der Waals surface area contributed by atoms with Gasteiger partial charge in [-0.15, -0.1) is 0 Å². The summed E-state index contributed by atoms with van der Waals surface area (Å²) in [6.07, 6.45) is 3.25. The zero-order valence-corrected chi connectivity index (χ0v) is 11.4. The van der Waals surface area contributed by atoms with Crippen molar-refractivity contribution in [2.75, 3.05) is 0 Å². The van der Waals surface area contributed by atoms with Gasteiger partial charge in [0, 0.05) is 6.20 Å². The van der Waals surface area contributed by atoms with Crippen LogP contribution >= 0.6 is 11.6 Å². The van der Waals surface area contributed by atoms with Gasteiger partial charge in [-0.1, -0.05) is 23.7 Å². The summed E-state index contributed by atoms with van der Waals surface area (Å²) >= 11 is 6.33. The molecule has 4 rings (SSSR count). The lowest BCUT2D eigenvalue weighted by Crippen LogP contribution is -2.00. The molecule has 0 saturated carbocycles. The Balaban J connectivity index is 2.12. The highest BCUT2D eigenvalue weighted by atomic mass is 35.5. The third-order valence-corrected chi connectivity index (χ3v) is 3.68. The first-order chi connectivity index (χ1) is 10.3. The van der Waals surface area contributed by atoms with Crippen molar-refractivity contribution in [1.82, 2.24) is 19.7 Å². The molecule has 0 radical (unpaired) electrons. The predicted octanol–water partition coefficient (Wildman–Crippen LogP) is 3.76. The molecule has 0 aliphatic heterocycles. The quantitative estimate of drug-likeness (QED) is 0.537. The summed E-state index contributed by atoms with van der Waals surface area (Å²) in [5.41, 5.74) is 1.04. The number of hydrogen-bond donors (Lipinski definition) is 0. The monoisotopic (exact) mass is 298 g/mol. The second kappa shape index (κ2) is 4.49. The third-order valence-electron chi connectivity index (χ3n) is 3.28. The maximum atomic E-state index is 13.9. The summed E-state index contributed by atoms with van der Waals surface area (Å²) in [7, 11) is 0. The Morgan fingerprint density at radius 1 is 1.10 bits per heavy atom. The van der Waals surface area contributed by atoms with Crippen LogP contribution in [0.15, 0.2) is 48.8 Å². The van der Waals surface area contributed by atoms with E-state index in [9.17, 15) is 4.39 Å². The molecule has 0 N–H and O–H groups in total. The minimum Gasteiger partial charge on any atom is -0.237 e. The SMILES string of the molecule is Fc1cccc2nc3c(cnn3-c3ccccn3)c(Cl)c12. The molecule has 4 nitrogen and oxygen atoms in total. The number of aromatic nitrogens is 4. The molecule has 102 valence electrons. The first-order valence-corrected chi connectivity index (χ1v) is 6.66. The Kier molecular flexibility index (Phi) is 2.62. The molecule has 0 unspecified atom stereocenters. The van der Waals surface area contributed by atoms with E-state index in [4.69, 9.17) is 11.6 Å². The first-order valence-electron chi connectivity index (χ1n) is 6.28. The first kappa shape index (κ1) is 12.2. The summed E-state index contributed by atoms with van der Waals surface area (Å²) in [4.78, 5) is 8.71. The van der Waals surface area contributed by atoms with Crippen LogP contribution in [-0.2, 0) is 0 Å². The lowest BCUT2D eigenvalue weighted by molar-refractivity contribution is 0.640. The van der Waals surface area contributed by atoms with E-state index in [0.717, 1.165) is 0 Å². The standard InChI is InChI=1S/C15H8ClFN4/c16-14-9-8-19-21(12-6-1-2-7-18-12)15(9)20-11-5-3-4-10(17)13(11)14/h1-8H. The van der Waals surface area contributed by atoms with Gasteiger partial charge in [-0.2, -0.15) is 9.78 Å². The largest absolute Gasteiger partial charge is 0.237 e. The lowest BCUT2D eigenvalue weighted by Gasteiger charge is -2.05. The van der Waals surface area contributed by atoms with Crippen molar-refractivity contribution in [3.8, 4) is 5.82 Å². The van der Waals surface area contributed by atoms with Gasteiger partial charge < -0.3 is 0 Å². The molecule has 0 aliphatic rings. The van der Waals surface area contributed by atoms with Gasteiger partial charge in [0.25, 0.3) is 0 Å². The molecule has 6 heteroatoms. The summed E-state index contributed by atoms with van der Waals surface area (Å²) in [5, 5.41) is 5.49. The van der Waals surface area contributed by atoms with Crippen LogP contribution in [0.3, 0.4) is 0 Å². The Bertz CT molecular complexity index is 966. The van der Waals surface area contributed by atoms with Crippen molar-refractivity contribution in [3.63, 3.8) is 0 Å². The summed E-state index contributed by atoms with van der Waals surface area (Å²) in [6, 6.07) is 10.2. The fourth-order valence-electron chi connectivity index (χ4n) is 2.32. The van der Waals surface area contributed by atoms with E-state index in [-0.39, 0.29) is 0 Å². The lowest BCUT2D eigenvalue weighted by atomic mass is 10.2. The zero-order chi connectivity index (χ0) is 14.4. The van der Waals surface area contributed by atoms with Crippen LogP contribution in [0.5, 0.6) is 0 Å². The van der Waals surface area contributed by atoms with Crippen molar-refractivity contribution in [2.45, 2.75) is 0 Å². The van der Waals surface area contributed by atoms with Gasteiger partial charge in [0.2, 0.25) is 0 Å². The number of benzene rings is 1. The number of nitrogens with zero attached hydrogens (tertiary/aromatic N) is 4. The molecule has 0 saturated heterocycles. The fourth-order valence-corrected chi connectivity index (χ4v) is 2.64. The number of pyridine rings is 2. The molecular formula is C15H8ClFN4. The van der Waals surface area contributed by atoms with E-state index < -0.39 is 5.82 Å². The van der Waals surface area contributed by atoms with Crippen LogP contribution in [0.1, 0.15) is 0 Å². The molecule has 4 aromatic rings. The molecule has 0 aliphatic carbocycles. The van der Waals surface area contributed by atoms with Gasteiger partial charge >= 0.3 is 0 Å². The molecule has 3 heterocycles. The minimum absolute atomic E-state index is 0.312. The summed E-state index contributed by atoms with van der Waals surface area (Å²) in [6.45, 7) is 0. The fraction of sp³-hybridized carbons (Fsp3) is 0. The van der Waals surface area contributed by atoms with E-state index in [1.54, 1.807) is 29.2 Å². The molecule has 3 aromatic heterocycles. The van der Waals surface area contributed by atoms with E-state index in [1.807, 2.05) is 18.2 Å². The Labute approximate surface area is 123 Å². The molecule has 0 amide bonds. The van der Waals surface area contributed by atoms with E-state index >= 15 is 0 Å². The summed E-state index contributed by atoms with van der Waals surface area (Å²) < 4.78 is 15.5. The molecule has 0 fully saturated rings. The van der Waals surface area contributed by atoms with Crippen molar-refractivity contribution in [1.29, 1.82) is 0 Å². The third kappa shape index (κ3) is 1.78. The maximum absolute atomic E-state index is 13.9. The molecule has 0 spiro atoms. The molecule has 0 atom stereocenters. The van der Waals surface area contributed by atoms with Crippen molar-refractivity contribution in [3.05, 3.63) is 59.6 Å².